The maximum atomic E-state index is 13.7. The lowest BCUT2D eigenvalue weighted by Crippen LogP contribution is -2.46. The summed E-state index contributed by atoms with van der Waals surface area (Å²) in [6.45, 7) is 7.90. The first-order valence-corrected chi connectivity index (χ1v) is 13.0. The highest BCUT2D eigenvalue weighted by Gasteiger charge is 2.37. The van der Waals surface area contributed by atoms with Gasteiger partial charge in [-0.25, -0.2) is 0 Å². The highest BCUT2D eigenvalue weighted by atomic mass is 16.5. The number of likely N-dealkylation sites (tertiary alicyclic amines) is 1. The van der Waals surface area contributed by atoms with Gasteiger partial charge in [0.25, 0.3) is 0 Å². The van der Waals surface area contributed by atoms with Crippen LogP contribution in [0.25, 0.3) is 5.57 Å². The standard InChI is InChI=1S/C27H38N6O3/c1-18-12-25(34)30-24-5-4-20(14-22(18)24)29-27(35)23-13-19(16-32-8-10-36-11-9-32)15-28-26(23)33-7-6-21(17-33)31(2)3/h4-5,13-15,21,23,25-26,34H,6-12,16-17H2,1-3H3,(H,29,35). The zero-order valence-electron chi connectivity index (χ0n) is 21.6. The molecule has 0 aromatic heterocycles. The Morgan fingerprint density at radius 1 is 1.25 bits per heavy atom. The highest BCUT2D eigenvalue weighted by molar-refractivity contribution is 5.96. The number of amides is 1. The van der Waals surface area contributed by atoms with Crippen LogP contribution in [-0.4, -0.2) is 110 Å². The molecule has 4 aliphatic rings. The third-order valence-electron chi connectivity index (χ3n) is 7.72. The average Bonchev–Trinajstić information content (AvgIpc) is 3.36. The zero-order valence-corrected chi connectivity index (χ0v) is 21.6. The summed E-state index contributed by atoms with van der Waals surface area (Å²) in [6, 6.07) is 6.17. The van der Waals surface area contributed by atoms with Crippen LogP contribution in [0, 0.1) is 5.92 Å². The van der Waals surface area contributed by atoms with Crippen molar-refractivity contribution >= 4 is 23.4 Å². The Morgan fingerprint density at radius 3 is 2.81 bits per heavy atom. The number of fused-ring (bicyclic) bond motifs is 1. The molecule has 4 unspecified atom stereocenters. The number of hydrogen-bond acceptors (Lipinski definition) is 8. The molecule has 4 heterocycles. The van der Waals surface area contributed by atoms with Gasteiger partial charge in [0.2, 0.25) is 5.91 Å². The Labute approximate surface area is 212 Å². The second-order valence-corrected chi connectivity index (χ2v) is 10.6. The lowest BCUT2D eigenvalue weighted by Gasteiger charge is -2.34. The van der Waals surface area contributed by atoms with Crippen LogP contribution < -0.4 is 15.9 Å². The van der Waals surface area contributed by atoms with E-state index in [1.165, 1.54) is 0 Å². The van der Waals surface area contributed by atoms with Gasteiger partial charge in [-0.3, -0.25) is 24.6 Å². The average molecular weight is 495 g/mol. The molecule has 1 aromatic rings. The smallest absolute Gasteiger partial charge is 0.234 e. The minimum atomic E-state index is -0.694. The summed E-state index contributed by atoms with van der Waals surface area (Å²) >= 11 is 0. The number of anilines is 1. The van der Waals surface area contributed by atoms with Gasteiger partial charge in [-0.2, -0.15) is 0 Å². The summed E-state index contributed by atoms with van der Waals surface area (Å²) in [5, 5.41) is 14.9. The molecule has 2 fully saturated rings. The monoisotopic (exact) mass is 494 g/mol. The molecule has 5 rings (SSSR count). The lowest BCUT2D eigenvalue weighted by atomic mass is 9.97. The van der Waals surface area contributed by atoms with E-state index in [-0.39, 0.29) is 18.0 Å². The molecule has 2 saturated heterocycles. The minimum absolute atomic E-state index is 0.0463. The maximum absolute atomic E-state index is 13.7. The van der Waals surface area contributed by atoms with Crippen LogP contribution in [0.4, 0.5) is 5.69 Å². The number of dihydropyridines is 1. The molecular formula is C27H38N6O3. The number of likely N-dealkylation sites (N-methyl/N-ethyl adjacent to an activating group) is 1. The molecule has 1 aromatic carbocycles. The minimum Gasteiger partial charge on any atom is -0.379 e. The van der Waals surface area contributed by atoms with Crippen LogP contribution >= 0.6 is 0 Å². The topological polar surface area (TPSA) is 93.0 Å². The molecule has 0 spiro atoms. The van der Waals surface area contributed by atoms with Crippen molar-refractivity contribution in [3.8, 4) is 0 Å². The molecule has 0 bridgehead atoms. The number of carbonyl (C=O) groups excluding carboxylic acids is 1. The van der Waals surface area contributed by atoms with Crippen LogP contribution in [0.2, 0.25) is 0 Å². The second-order valence-electron chi connectivity index (χ2n) is 10.6. The number of aliphatic hydroxyl groups excluding tert-OH is 1. The number of carbonyl (C=O) groups is 1. The number of ether oxygens (including phenoxy) is 1. The van der Waals surface area contributed by atoms with Crippen molar-refractivity contribution in [3.63, 3.8) is 0 Å². The fourth-order valence-corrected chi connectivity index (χ4v) is 5.58. The molecule has 2 N–H and O–H groups in total. The predicted octanol–water partition coefficient (Wildman–Crippen LogP) is 0.0586. The molecule has 0 aliphatic carbocycles. The van der Waals surface area contributed by atoms with Crippen LogP contribution in [0.15, 0.2) is 39.8 Å². The second kappa shape index (κ2) is 10.9. The van der Waals surface area contributed by atoms with E-state index in [1.54, 1.807) is 0 Å². The first-order valence-electron chi connectivity index (χ1n) is 13.0. The summed E-state index contributed by atoms with van der Waals surface area (Å²) in [5.41, 5.74) is 2.90. The van der Waals surface area contributed by atoms with Gasteiger partial charge in [0, 0.05) is 62.3 Å². The first kappa shape index (κ1) is 25.2. The maximum Gasteiger partial charge on any atom is 0.234 e. The molecule has 0 radical (unpaired) electrons. The number of hydrogen-bond donors (Lipinski definition) is 2. The highest BCUT2D eigenvalue weighted by Crippen LogP contribution is 2.27. The van der Waals surface area contributed by atoms with Crippen LogP contribution in [0.3, 0.4) is 0 Å². The Kier molecular flexibility index (Phi) is 7.64. The third-order valence-corrected chi connectivity index (χ3v) is 7.72. The van der Waals surface area contributed by atoms with E-state index in [9.17, 15) is 9.90 Å². The Morgan fingerprint density at radius 2 is 2.06 bits per heavy atom. The summed E-state index contributed by atoms with van der Waals surface area (Å²) in [7, 11) is 4.23. The largest absolute Gasteiger partial charge is 0.379 e. The Bertz CT molecular complexity index is 1160. The zero-order chi connectivity index (χ0) is 25.2. The van der Waals surface area contributed by atoms with Crippen molar-refractivity contribution in [1.29, 1.82) is 0 Å². The van der Waals surface area contributed by atoms with E-state index >= 15 is 0 Å². The van der Waals surface area contributed by atoms with Crippen LogP contribution in [0.1, 0.15) is 19.8 Å². The molecule has 9 heteroatoms. The van der Waals surface area contributed by atoms with E-state index in [0.29, 0.717) is 12.5 Å². The molecule has 9 nitrogen and oxygen atoms in total. The SMILES string of the molecule is CC1=c2cc(NC(=O)C3C=C(CN4CCOCC4)C=NC3N3CCC(N(C)C)C3)ccc2=NC(O)C1. The number of aliphatic hydroxyl groups is 1. The van der Waals surface area contributed by atoms with Gasteiger partial charge in [0.1, 0.15) is 12.4 Å². The number of benzene rings is 1. The quantitative estimate of drug-likeness (QED) is 0.581. The van der Waals surface area contributed by atoms with Crippen LogP contribution in [-0.2, 0) is 9.53 Å². The van der Waals surface area contributed by atoms with Crippen molar-refractivity contribution in [2.45, 2.75) is 38.2 Å². The normalized spacial score (nSPS) is 29.1. The van der Waals surface area contributed by atoms with Crippen LogP contribution in [0.5, 0.6) is 0 Å². The van der Waals surface area contributed by atoms with Crippen molar-refractivity contribution in [1.82, 2.24) is 14.7 Å². The van der Waals surface area contributed by atoms with E-state index in [2.05, 4.69) is 45.2 Å². The molecule has 36 heavy (non-hydrogen) atoms. The number of morpholine rings is 1. The fraction of sp³-hybridized carbons (Fsp3) is 0.593. The molecule has 4 atom stereocenters. The molecule has 0 saturated carbocycles. The van der Waals surface area contributed by atoms with Gasteiger partial charge in [-0.15, -0.1) is 0 Å². The number of aliphatic imine (C=N–C) groups is 1. The number of rotatable bonds is 6. The van der Waals surface area contributed by atoms with Gasteiger partial charge >= 0.3 is 0 Å². The third kappa shape index (κ3) is 5.60. The van der Waals surface area contributed by atoms with Gasteiger partial charge in [-0.1, -0.05) is 11.6 Å². The summed E-state index contributed by atoms with van der Waals surface area (Å²) in [4.78, 5) is 29.9. The Balaban J connectivity index is 1.37. The summed E-state index contributed by atoms with van der Waals surface area (Å²) in [5.74, 6) is -0.422. The molecule has 194 valence electrons. The first-order chi connectivity index (χ1) is 17.4. The number of nitrogens with zero attached hydrogens (tertiary/aromatic N) is 5. The van der Waals surface area contributed by atoms with Crippen molar-refractivity contribution in [2.75, 3.05) is 65.3 Å². The van der Waals surface area contributed by atoms with E-state index < -0.39 is 6.23 Å². The fourth-order valence-electron chi connectivity index (χ4n) is 5.58. The Hall–Kier alpha value is -2.43. The van der Waals surface area contributed by atoms with Gasteiger partial charge in [0.15, 0.2) is 0 Å². The van der Waals surface area contributed by atoms with Crippen molar-refractivity contribution in [2.24, 2.45) is 15.9 Å². The molecular weight excluding hydrogens is 456 g/mol. The lowest BCUT2D eigenvalue weighted by molar-refractivity contribution is -0.120. The molecule has 1 amide bonds. The van der Waals surface area contributed by atoms with E-state index in [0.717, 1.165) is 79.8 Å². The van der Waals surface area contributed by atoms with Gasteiger partial charge in [-0.05, 0) is 51.2 Å². The van der Waals surface area contributed by atoms with Crippen molar-refractivity contribution in [3.05, 3.63) is 40.4 Å². The van der Waals surface area contributed by atoms with E-state index in [1.807, 2.05) is 31.3 Å². The van der Waals surface area contributed by atoms with Gasteiger partial charge in [0.05, 0.1) is 24.5 Å². The predicted molar refractivity (Wildman–Crippen MR) is 140 cm³/mol. The van der Waals surface area contributed by atoms with E-state index in [4.69, 9.17) is 9.73 Å². The number of nitrogens with one attached hydrogen (secondary N) is 1. The van der Waals surface area contributed by atoms with Gasteiger partial charge < -0.3 is 20.1 Å². The van der Waals surface area contributed by atoms with Crippen molar-refractivity contribution < 1.29 is 14.6 Å². The summed E-state index contributed by atoms with van der Waals surface area (Å²) < 4.78 is 5.49. The molecule has 4 aliphatic heterocycles. The summed E-state index contributed by atoms with van der Waals surface area (Å²) in [6.07, 6.45) is 4.77.